The van der Waals surface area contributed by atoms with E-state index < -0.39 is 0 Å². The van der Waals surface area contributed by atoms with Crippen LogP contribution < -0.4 is 5.32 Å². The molecule has 3 nitrogen and oxygen atoms in total. The van der Waals surface area contributed by atoms with Gasteiger partial charge >= 0.3 is 0 Å². The Morgan fingerprint density at radius 2 is 2.10 bits per heavy atom. The number of rotatable bonds is 3. The molecule has 1 amide bonds. The number of benzene rings is 1. The highest BCUT2D eigenvalue weighted by atomic mass is 35.5. The number of hydrogen-bond acceptors (Lipinski definition) is 3. The largest absolute Gasteiger partial charge is 0.384 e. The summed E-state index contributed by atoms with van der Waals surface area (Å²) < 4.78 is 0. The molecule has 0 spiro atoms. The van der Waals surface area contributed by atoms with Gasteiger partial charge in [0.1, 0.15) is 6.61 Å². The predicted molar refractivity (Wildman–Crippen MR) is 85.9 cm³/mol. The number of thiophene rings is 1. The van der Waals surface area contributed by atoms with Gasteiger partial charge in [0.25, 0.3) is 5.91 Å². The van der Waals surface area contributed by atoms with Crippen LogP contribution in [0, 0.1) is 11.8 Å². The lowest BCUT2D eigenvalue weighted by Crippen LogP contribution is -2.22. The first-order valence-corrected chi connectivity index (χ1v) is 7.64. The molecule has 0 radical (unpaired) electrons. The maximum absolute atomic E-state index is 12.0. The molecule has 0 aliphatic heterocycles. The molecule has 0 bridgehead atoms. The van der Waals surface area contributed by atoms with Crippen molar-refractivity contribution >= 4 is 40.4 Å². The van der Waals surface area contributed by atoms with Crippen LogP contribution in [0.25, 0.3) is 0 Å². The summed E-state index contributed by atoms with van der Waals surface area (Å²) in [6.45, 7) is 0.178. The molecule has 2 aromatic rings. The smallest absolute Gasteiger partial charge is 0.251 e. The van der Waals surface area contributed by atoms with Crippen molar-refractivity contribution in [1.29, 1.82) is 0 Å². The summed E-state index contributed by atoms with van der Waals surface area (Å²) in [4.78, 5) is 13.0. The van der Waals surface area contributed by atoms with E-state index in [-0.39, 0.29) is 12.5 Å². The van der Waals surface area contributed by atoms with E-state index in [1.807, 2.05) is 11.4 Å². The minimum absolute atomic E-state index is 0.190. The lowest BCUT2D eigenvalue weighted by atomic mass is 10.2. The van der Waals surface area contributed by atoms with Crippen molar-refractivity contribution in [2.45, 2.75) is 6.54 Å². The SMILES string of the molecule is O=C(NCc1sccc1C#CCO)c1ccc(Cl)c(Cl)c1. The average Bonchev–Trinajstić information content (AvgIpc) is 2.92. The van der Waals surface area contributed by atoms with Crippen LogP contribution in [0.15, 0.2) is 29.6 Å². The van der Waals surface area contributed by atoms with Crippen LogP contribution in [0.5, 0.6) is 0 Å². The van der Waals surface area contributed by atoms with E-state index in [1.165, 1.54) is 17.4 Å². The van der Waals surface area contributed by atoms with Gasteiger partial charge in [0.05, 0.1) is 16.6 Å². The second-order valence-corrected chi connectivity index (χ2v) is 5.84. The van der Waals surface area contributed by atoms with Crippen LogP contribution in [-0.4, -0.2) is 17.6 Å². The summed E-state index contributed by atoms with van der Waals surface area (Å²) in [5, 5.41) is 14.2. The van der Waals surface area contributed by atoms with Gasteiger partial charge in [0.2, 0.25) is 0 Å². The summed E-state index contributed by atoms with van der Waals surface area (Å²) in [6.07, 6.45) is 0. The summed E-state index contributed by atoms with van der Waals surface area (Å²) in [6, 6.07) is 6.58. The highest BCUT2D eigenvalue weighted by Gasteiger charge is 2.09. The topological polar surface area (TPSA) is 49.3 Å². The lowest BCUT2D eigenvalue weighted by Gasteiger charge is -2.05. The van der Waals surface area contributed by atoms with Crippen molar-refractivity contribution in [2.75, 3.05) is 6.61 Å². The third-order valence-electron chi connectivity index (χ3n) is 2.64. The Labute approximate surface area is 136 Å². The molecule has 2 N–H and O–H groups in total. The zero-order valence-corrected chi connectivity index (χ0v) is 13.1. The molecule has 6 heteroatoms. The van der Waals surface area contributed by atoms with Crippen LogP contribution in [0.3, 0.4) is 0 Å². The summed E-state index contributed by atoms with van der Waals surface area (Å²) in [5.41, 5.74) is 1.26. The Balaban J connectivity index is 2.04. The minimum atomic E-state index is -0.233. The van der Waals surface area contributed by atoms with Crippen LogP contribution in [-0.2, 0) is 6.54 Å². The van der Waals surface area contributed by atoms with Crippen LogP contribution in [0.2, 0.25) is 10.0 Å². The Hall–Kier alpha value is -1.51. The Bertz CT molecular complexity index is 716. The van der Waals surface area contributed by atoms with Gasteiger partial charge in [0.15, 0.2) is 0 Å². The first-order chi connectivity index (χ1) is 10.1. The molecule has 0 aliphatic carbocycles. The Morgan fingerprint density at radius 1 is 1.29 bits per heavy atom. The van der Waals surface area contributed by atoms with Crippen molar-refractivity contribution in [3.63, 3.8) is 0 Å². The van der Waals surface area contributed by atoms with Gasteiger partial charge < -0.3 is 10.4 Å². The number of halogens is 2. The summed E-state index contributed by atoms with van der Waals surface area (Å²) >= 11 is 13.2. The van der Waals surface area contributed by atoms with Crippen molar-refractivity contribution in [3.8, 4) is 11.8 Å². The quantitative estimate of drug-likeness (QED) is 0.842. The maximum Gasteiger partial charge on any atom is 0.251 e. The molecule has 0 saturated heterocycles. The number of aliphatic hydroxyl groups excluding tert-OH is 1. The van der Waals surface area contributed by atoms with Crippen LogP contribution in [0.4, 0.5) is 0 Å². The number of carbonyl (C=O) groups excluding carboxylic acids is 1. The molecular formula is C15H11Cl2NO2S. The van der Waals surface area contributed by atoms with E-state index in [1.54, 1.807) is 12.1 Å². The molecule has 1 aromatic carbocycles. The third-order valence-corrected chi connectivity index (χ3v) is 4.30. The fourth-order valence-corrected chi connectivity index (χ4v) is 2.69. The zero-order chi connectivity index (χ0) is 15.2. The third kappa shape index (κ3) is 4.23. The molecule has 2 rings (SSSR count). The second kappa shape index (κ2) is 7.48. The highest BCUT2D eigenvalue weighted by Crippen LogP contribution is 2.22. The zero-order valence-electron chi connectivity index (χ0n) is 10.8. The van der Waals surface area contributed by atoms with Gasteiger partial charge in [-0.05, 0) is 29.6 Å². The van der Waals surface area contributed by atoms with E-state index in [0.717, 1.165) is 10.4 Å². The number of aliphatic hydroxyl groups is 1. The normalized spacial score (nSPS) is 9.86. The maximum atomic E-state index is 12.0. The summed E-state index contributed by atoms with van der Waals surface area (Å²) in [5.74, 6) is 5.20. The number of amides is 1. The second-order valence-electron chi connectivity index (χ2n) is 4.03. The minimum Gasteiger partial charge on any atom is -0.384 e. The van der Waals surface area contributed by atoms with Crippen LogP contribution >= 0.6 is 34.5 Å². The number of carbonyl (C=O) groups is 1. The molecule has 1 aromatic heterocycles. The molecule has 0 atom stereocenters. The standard InChI is InChI=1S/C15H11Cl2NO2S/c16-12-4-3-11(8-13(12)17)15(20)18-9-14-10(2-1-6-19)5-7-21-14/h3-5,7-8,19H,6,9H2,(H,18,20). The average molecular weight is 340 g/mol. The predicted octanol–water partition coefficient (Wildman–Crippen LogP) is 3.33. The van der Waals surface area contributed by atoms with Crippen molar-refractivity contribution < 1.29 is 9.90 Å². The molecule has 0 fully saturated rings. The van der Waals surface area contributed by atoms with E-state index in [0.29, 0.717) is 22.2 Å². The van der Waals surface area contributed by atoms with Gasteiger partial charge in [0, 0.05) is 16.0 Å². The molecule has 0 saturated carbocycles. The van der Waals surface area contributed by atoms with E-state index >= 15 is 0 Å². The highest BCUT2D eigenvalue weighted by molar-refractivity contribution is 7.10. The summed E-state index contributed by atoms with van der Waals surface area (Å²) in [7, 11) is 0. The first-order valence-electron chi connectivity index (χ1n) is 6.01. The fraction of sp³-hybridized carbons (Fsp3) is 0.133. The van der Waals surface area contributed by atoms with Crippen LogP contribution in [0.1, 0.15) is 20.8 Å². The Morgan fingerprint density at radius 3 is 2.81 bits per heavy atom. The van der Waals surface area contributed by atoms with Crippen molar-refractivity contribution in [1.82, 2.24) is 5.32 Å². The lowest BCUT2D eigenvalue weighted by molar-refractivity contribution is 0.0951. The van der Waals surface area contributed by atoms with Gasteiger partial charge in [-0.3, -0.25) is 4.79 Å². The first kappa shape index (κ1) is 15.9. The molecular weight excluding hydrogens is 329 g/mol. The number of hydrogen-bond donors (Lipinski definition) is 2. The van der Waals surface area contributed by atoms with Crippen molar-refractivity contribution in [2.24, 2.45) is 0 Å². The van der Waals surface area contributed by atoms with E-state index in [9.17, 15) is 4.79 Å². The Kier molecular flexibility index (Phi) is 5.66. The monoisotopic (exact) mass is 339 g/mol. The van der Waals surface area contributed by atoms with Gasteiger partial charge in [-0.1, -0.05) is 35.0 Å². The molecule has 1 heterocycles. The molecule has 108 valence electrons. The fourth-order valence-electron chi connectivity index (χ4n) is 1.62. The van der Waals surface area contributed by atoms with Gasteiger partial charge in [-0.2, -0.15) is 0 Å². The van der Waals surface area contributed by atoms with Gasteiger partial charge in [-0.25, -0.2) is 0 Å². The van der Waals surface area contributed by atoms with Gasteiger partial charge in [-0.15, -0.1) is 11.3 Å². The molecule has 21 heavy (non-hydrogen) atoms. The number of nitrogens with one attached hydrogen (secondary N) is 1. The van der Waals surface area contributed by atoms with Crippen molar-refractivity contribution in [3.05, 3.63) is 55.7 Å². The molecule has 0 aliphatic rings. The van der Waals surface area contributed by atoms with E-state index in [4.69, 9.17) is 28.3 Å². The van der Waals surface area contributed by atoms with E-state index in [2.05, 4.69) is 17.2 Å². The molecule has 0 unspecified atom stereocenters.